The van der Waals surface area contributed by atoms with Crippen molar-refractivity contribution in [2.24, 2.45) is 0 Å². The van der Waals surface area contributed by atoms with Crippen LogP contribution in [0.25, 0.3) is 0 Å². The Labute approximate surface area is 167 Å². The fraction of sp³-hybridized carbons (Fsp3) is 0.235. The smallest absolute Gasteiger partial charge is 0.304 e. The lowest BCUT2D eigenvalue weighted by atomic mass is 10.2. The molecule has 146 valence electrons. The molecule has 2 aromatic carbocycles. The van der Waals surface area contributed by atoms with Crippen molar-refractivity contribution in [3.8, 4) is 0 Å². The lowest BCUT2D eigenvalue weighted by Gasteiger charge is -2.27. The first-order valence-corrected chi connectivity index (χ1v) is 9.93. The largest absolute Gasteiger partial charge is 0.350 e. The number of amides is 1. The third kappa shape index (κ3) is 5.32. The highest BCUT2D eigenvalue weighted by atomic mass is 35.5. The number of nitrogens with one attached hydrogen (secondary N) is 1. The van der Waals surface area contributed by atoms with Crippen LogP contribution < -0.4 is 9.62 Å². The number of para-hydroxylation sites is 1. The Kier molecular flexibility index (Phi) is 7.05. The van der Waals surface area contributed by atoms with Gasteiger partial charge in [-0.2, -0.15) is 12.7 Å². The SMILES string of the molecule is CN(C)S(=O)(=O)N(CC(=O)NCc1ccc(Cl)cc1Cl)c1ccccc1F. The molecule has 0 unspecified atom stereocenters. The molecule has 0 aromatic heterocycles. The summed E-state index contributed by atoms with van der Waals surface area (Å²) >= 11 is 11.9. The van der Waals surface area contributed by atoms with Crippen LogP contribution in [0.1, 0.15) is 5.56 Å². The van der Waals surface area contributed by atoms with Gasteiger partial charge >= 0.3 is 10.2 Å². The van der Waals surface area contributed by atoms with E-state index >= 15 is 0 Å². The van der Waals surface area contributed by atoms with Crippen molar-refractivity contribution in [2.75, 3.05) is 24.9 Å². The van der Waals surface area contributed by atoms with Crippen molar-refractivity contribution in [2.45, 2.75) is 6.54 Å². The molecule has 0 aliphatic heterocycles. The molecule has 0 atom stereocenters. The molecule has 10 heteroatoms. The number of carbonyl (C=O) groups is 1. The fourth-order valence-electron chi connectivity index (χ4n) is 2.19. The lowest BCUT2D eigenvalue weighted by Crippen LogP contribution is -2.46. The number of hydrogen-bond donors (Lipinski definition) is 1. The van der Waals surface area contributed by atoms with E-state index in [9.17, 15) is 17.6 Å². The Morgan fingerprint density at radius 3 is 2.41 bits per heavy atom. The third-order valence-electron chi connectivity index (χ3n) is 3.64. The molecule has 0 bridgehead atoms. The predicted octanol–water partition coefficient (Wildman–Crippen LogP) is 3.06. The molecule has 0 saturated carbocycles. The first-order chi connectivity index (χ1) is 12.6. The van der Waals surface area contributed by atoms with Crippen LogP contribution in [0.3, 0.4) is 0 Å². The summed E-state index contributed by atoms with van der Waals surface area (Å²) in [6.45, 7) is -0.519. The van der Waals surface area contributed by atoms with Gasteiger partial charge in [-0.25, -0.2) is 8.70 Å². The van der Waals surface area contributed by atoms with Crippen LogP contribution in [0.5, 0.6) is 0 Å². The maximum absolute atomic E-state index is 14.1. The first kappa shape index (κ1) is 21.4. The second-order valence-electron chi connectivity index (χ2n) is 5.76. The van der Waals surface area contributed by atoms with Crippen LogP contribution in [0.15, 0.2) is 42.5 Å². The van der Waals surface area contributed by atoms with Crippen LogP contribution in [-0.2, 0) is 21.5 Å². The molecule has 0 aliphatic rings. The van der Waals surface area contributed by atoms with E-state index < -0.39 is 28.5 Å². The van der Waals surface area contributed by atoms with Crippen LogP contribution in [0.4, 0.5) is 10.1 Å². The van der Waals surface area contributed by atoms with Gasteiger partial charge in [-0.3, -0.25) is 4.79 Å². The van der Waals surface area contributed by atoms with Gasteiger partial charge in [-0.15, -0.1) is 0 Å². The topological polar surface area (TPSA) is 69.7 Å². The van der Waals surface area contributed by atoms with Crippen molar-refractivity contribution < 1.29 is 17.6 Å². The van der Waals surface area contributed by atoms with E-state index in [4.69, 9.17) is 23.2 Å². The number of rotatable bonds is 7. The van der Waals surface area contributed by atoms with Gasteiger partial charge in [0.05, 0.1) is 5.69 Å². The van der Waals surface area contributed by atoms with Gasteiger partial charge in [0.15, 0.2) is 0 Å². The Hall–Kier alpha value is -1.87. The van der Waals surface area contributed by atoms with E-state index in [1.807, 2.05) is 0 Å². The number of halogens is 3. The molecular formula is C17H18Cl2FN3O3S. The van der Waals surface area contributed by atoms with E-state index in [0.29, 0.717) is 19.9 Å². The summed E-state index contributed by atoms with van der Waals surface area (Å²) in [5.41, 5.74) is 0.396. The second-order valence-corrected chi connectivity index (χ2v) is 8.67. The highest BCUT2D eigenvalue weighted by Gasteiger charge is 2.29. The van der Waals surface area contributed by atoms with Gasteiger partial charge in [-0.1, -0.05) is 41.4 Å². The van der Waals surface area contributed by atoms with Crippen LogP contribution in [-0.4, -0.2) is 39.3 Å². The number of nitrogens with zero attached hydrogens (tertiary/aromatic N) is 2. The second kappa shape index (κ2) is 8.88. The minimum atomic E-state index is -4.08. The highest BCUT2D eigenvalue weighted by molar-refractivity contribution is 7.90. The molecule has 0 spiro atoms. The Balaban J connectivity index is 2.20. The molecule has 6 nitrogen and oxygen atoms in total. The van der Waals surface area contributed by atoms with Crippen molar-refractivity contribution in [1.82, 2.24) is 9.62 Å². The fourth-order valence-corrected chi connectivity index (χ4v) is 3.73. The van der Waals surface area contributed by atoms with Crippen molar-refractivity contribution in [3.05, 3.63) is 63.9 Å². The minimum absolute atomic E-state index is 0.0714. The van der Waals surface area contributed by atoms with Crippen LogP contribution in [0, 0.1) is 5.82 Å². The van der Waals surface area contributed by atoms with Crippen molar-refractivity contribution in [3.63, 3.8) is 0 Å². The molecular weight excluding hydrogens is 416 g/mol. The number of anilines is 1. The molecule has 0 aliphatic carbocycles. The van der Waals surface area contributed by atoms with Crippen molar-refractivity contribution in [1.29, 1.82) is 0 Å². The Morgan fingerprint density at radius 2 is 1.81 bits per heavy atom. The van der Waals surface area contributed by atoms with E-state index in [2.05, 4.69) is 5.32 Å². The maximum Gasteiger partial charge on any atom is 0.304 e. The molecule has 0 radical (unpaired) electrons. The van der Waals surface area contributed by atoms with Crippen LogP contribution >= 0.6 is 23.2 Å². The zero-order valence-electron chi connectivity index (χ0n) is 14.6. The third-order valence-corrected chi connectivity index (χ3v) is 6.03. The standard InChI is InChI=1S/C17H18Cl2FN3O3S/c1-22(2)27(25,26)23(16-6-4-3-5-15(16)20)11-17(24)21-10-12-7-8-13(18)9-14(12)19/h3-9H,10-11H2,1-2H3,(H,21,24). The summed E-state index contributed by atoms with van der Waals surface area (Å²) < 4.78 is 40.9. The zero-order chi connectivity index (χ0) is 20.2. The molecule has 0 saturated heterocycles. The normalized spacial score (nSPS) is 11.5. The maximum atomic E-state index is 14.1. The average molecular weight is 434 g/mol. The van der Waals surface area contributed by atoms with Gasteiger partial charge in [-0.05, 0) is 29.8 Å². The summed E-state index contributed by atoms with van der Waals surface area (Å²) in [7, 11) is -1.48. The van der Waals surface area contributed by atoms with Gasteiger partial charge in [0, 0.05) is 30.7 Å². The van der Waals surface area contributed by atoms with Crippen LogP contribution in [0.2, 0.25) is 10.0 Å². The van der Waals surface area contributed by atoms with E-state index in [-0.39, 0.29) is 12.2 Å². The zero-order valence-corrected chi connectivity index (χ0v) is 16.9. The average Bonchev–Trinajstić information content (AvgIpc) is 2.59. The molecule has 0 heterocycles. The molecule has 2 rings (SSSR count). The van der Waals surface area contributed by atoms with Gasteiger partial charge < -0.3 is 5.32 Å². The van der Waals surface area contributed by atoms with Crippen molar-refractivity contribution >= 4 is 45.0 Å². The number of benzene rings is 2. The van der Waals surface area contributed by atoms with Gasteiger partial charge in [0.25, 0.3) is 0 Å². The first-order valence-electron chi connectivity index (χ1n) is 7.78. The van der Waals surface area contributed by atoms with Gasteiger partial charge in [0.2, 0.25) is 5.91 Å². The molecule has 1 amide bonds. The van der Waals surface area contributed by atoms with E-state index in [0.717, 1.165) is 10.4 Å². The lowest BCUT2D eigenvalue weighted by molar-refractivity contribution is -0.119. The number of carbonyl (C=O) groups excluding carboxylic acids is 1. The van der Waals surface area contributed by atoms with E-state index in [1.165, 1.54) is 38.4 Å². The van der Waals surface area contributed by atoms with Gasteiger partial charge in [0.1, 0.15) is 12.4 Å². The summed E-state index contributed by atoms with van der Waals surface area (Å²) in [5, 5.41) is 3.40. The molecule has 27 heavy (non-hydrogen) atoms. The summed E-state index contributed by atoms with van der Waals surface area (Å²) in [6.07, 6.45) is 0. The number of hydrogen-bond acceptors (Lipinski definition) is 3. The molecule has 0 fully saturated rings. The molecule has 1 N–H and O–H groups in total. The predicted molar refractivity (Wildman–Crippen MR) is 105 cm³/mol. The highest BCUT2D eigenvalue weighted by Crippen LogP contribution is 2.23. The summed E-state index contributed by atoms with van der Waals surface area (Å²) in [5.74, 6) is -1.37. The monoisotopic (exact) mass is 433 g/mol. The minimum Gasteiger partial charge on any atom is -0.350 e. The quantitative estimate of drug-likeness (QED) is 0.729. The summed E-state index contributed by atoms with van der Waals surface area (Å²) in [4.78, 5) is 12.3. The molecule has 2 aromatic rings. The van der Waals surface area contributed by atoms with E-state index in [1.54, 1.807) is 12.1 Å². The Bertz CT molecular complexity index is 939. The summed E-state index contributed by atoms with van der Waals surface area (Å²) in [6, 6.07) is 10.1. The Morgan fingerprint density at radius 1 is 1.15 bits per heavy atom.